The molecule has 3 rings (SSSR count). The molecule has 0 spiro atoms. The Morgan fingerprint density at radius 2 is 1.70 bits per heavy atom. The Hall–Kier alpha value is -1.67. The number of aryl methyl sites for hydroxylation is 1. The average Bonchev–Trinajstić information content (AvgIpc) is 2.61. The van der Waals surface area contributed by atoms with Crippen molar-refractivity contribution < 1.29 is 0 Å². The minimum Gasteiger partial charge on any atom is -0.236 e. The Bertz CT molecular complexity index is 626. The molecule has 1 aliphatic rings. The van der Waals surface area contributed by atoms with Gasteiger partial charge in [-0.2, -0.15) is 0 Å². The molecule has 0 N–H and O–H groups in total. The minimum absolute atomic E-state index is 0.733. The Kier molecular flexibility index (Phi) is 5.45. The standard InChI is InChI=1S/C20H23ClN2/c1-2-15-3-5-16(6-4-15)7-8-17-13-22-20(23-14-17)18-9-11-19(21)12-10-18/h2,9-16H,1,3-8H2/t15-,16-. The molecule has 2 aromatic rings. The van der Waals surface area contributed by atoms with Crippen LogP contribution in [0, 0.1) is 11.8 Å². The molecule has 1 aromatic heterocycles. The molecular weight excluding hydrogens is 304 g/mol. The highest BCUT2D eigenvalue weighted by molar-refractivity contribution is 6.30. The SMILES string of the molecule is C=C[C@H]1CC[C@H](CCc2cnc(-c3ccc(Cl)cc3)nc2)CC1. The van der Waals surface area contributed by atoms with Gasteiger partial charge >= 0.3 is 0 Å². The van der Waals surface area contributed by atoms with E-state index in [2.05, 4.69) is 22.6 Å². The second-order valence-corrected chi connectivity index (χ2v) is 6.91. The Balaban J connectivity index is 1.54. The monoisotopic (exact) mass is 326 g/mol. The van der Waals surface area contributed by atoms with Gasteiger partial charge in [-0.15, -0.1) is 6.58 Å². The molecule has 1 fully saturated rings. The molecule has 0 atom stereocenters. The van der Waals surface area contributed by atoms with Crippen molar-refractivity contribution in [2.45, 2.75) is 38.5 Å². The second kappa shape index (κ2) is 7.74. The fourth-order valence-corrected chi connectivity index (χ4v) is 3.44. The Morgan fingerprint density at radius 3 is 2.30 bits per heavy atom. The predicted octanol–water partition coefficient (Wildman–Crippen LogP) is 5.72. The van der Waals surface area contributed by atoms with Crippen LogP contribution >= 0.6 is 11.6 Å². The van der Waals surface area contributed by atoms with E-state index in [0.717, 1.165) is 34.7 Å². The van der Waals surface area contributed by atoms with Crippen molar-refractivity contribution in [2.24, 2.45) is 11.8 Å². The number of rotatable bonds is 5. The normalized spacial score (nSPS) is 21.1. The summed E-state index contributed by atoms with van der Waals surface area (Å²) in [6, 6.07) is 7.65. The van der Waals surface area contributed by atoms with Gasteiger partial charge < -0.3 is 0 Å². The predicted molar refractivity (Wildman–Crippen MR) is 96.4 cm³/mol. The van der Waals surface area contributed by atoms with E-state index in [1.54, 1.807) is 0 Å². The van der Waals surface area contributed by atoms with E-state index in [1.807, 2.05) is 36.7 Å². The summed E-state index contributed by atoms with van der Waals surface area (Å²) < 4.78 is 0. The molecule has 1 aromatic carbocycles. The lowest BCUT2D eigenvalue weighted by Crippen LogP contribution is -2.13. The van der Waals surface area contributed by atoms with Crippen LogP contribution in [0.2, 0.25) is 5.02 Å². The van der Waals surface area contributed by atoms with Crippen LogP contribution in [-0.4, -0.2) is 9.97 Å². The molecule has 1 aliphatic carbocycles. The van der Waals surface area contributed by atoms with Gasteiger partial charge in [-0.25, -0.2) is 9.97 Å². The highest BCUT2D eigenvalue weighted by Crippen LogP contribution is 2.32. The van der Waals surface area contributed by atoms with Gasteiger partial charge in [0.05, 0.1) is 0 Å². The van der Waals surface area contributed by atoms with Crippen LogP contribution in [0.15, 0.2) is 49.3 Å². The molecule has 0 radical (unpaired) electrons. The molecule has 23 heavy (non-hydrogen) atoms. The third kappa shape index (κ3) is 4.42. The summed E-state index contributed by atoms with van der Waals surface area (Å²) in [5, 5.41) is 0.733. The fraction of sp³-hybridized carbons (Fsp3) is 0.400. The van der Waals surface area contributed by atoms with Gasteiger partial charge in [0.25, 0.3) is 0 Å². The van der Waals surface area contributed by atoms with Gasteiger partial charge in [-0.1, -0.05) is 17.7 Å². The Labute approximate surface area is 143 Å². The zero-order valence-corrected chi connectivity index (χ0v) is 14.2. The lowest BCUT2D eigenvalue weighted by atomic mass is 9.80. The molecule has 0 amide bonds. The molecule has 1 heterocycles. The molecule has 1 saturated carbocycles. The van der Waals surface area contributed by atoms with Crippen molar-refractivity contribution in [3.8, 4) is 11.4 Å². The average molecular weight is 327 g/mol. The largest absolute Gasteiger partial charge is 0.236 e. The highest BCUT2D eigenvalue weighted by Gasteiger charge is 2.18. The Morgan fingerprint density at radius 1 is 1.04 bits per heavy atom. The zero-order valence-electron chi connectivity index (χ0n) is 13.4. The van der Waals surface area contributed by atoms with Crippen LogP contribution in [-0.2, 0) is 6.42 Å². The lowest BCUT2D eigenvalue weighted by Gasteiger charge is -2.26. The van der Waals surface area contributed by atoms with Crippen molar-refractivity contribution in [2.75, 3.05) is 0 Å². The van der Waals surface area contributed by atoms with E-state index in [4.69, 9.17) is 11.6 Å². The molecular formula is C20H23ClN2. The number of hydrogen-bond donors (Lipinski definition) is 0. The third-order valence-corrected chi connectivity index (χ3v) is 5.13. The zero-order chi connectivity index (χ0) is 16.1. The topological polar surface area (TPSA) is 25.8 Å². The molecule has 0 saturated heterocycles. The first-order valence-electron chi connectivity index (χ1n) is 8.44. The first-order valence-corrected chi connectivity index (χ1v) is 8.82. The van der Waals surface area contributed by atoms with E-state index < -0.39 is 0 Å². The number of aromatic nitrogens is 2. The van der Waals surface area contributed by atoms with E-state index in [0.29, 0.717) is 0 Å². The van der Waals surface area contributed by atoms with E-state index in [9.17, 15) is 0 Å². The number of allylic oxidation sites excluding steroid dienone is 1. The molecule has 2 nitrogen and oxygen atoms in total. The number of nitrogens with zero attached hydrogens (tertiary/aromatic N) is 2. The van der Waals surface area contributed by atoms with Gasteiger partial charge in [0.1, 0.15) is 0 Å². The first kappa shape index (κ1) is 16.2. The van der Waals surface area contributed by atoms with Crippen LogP contribution in [0.4, 0.5) is 0 Å². The van der Waals surface area contributed by atoms with Crippen molar-refractivity contribution in [1.29, 1.82) is 0 Å². The maximum absolute atomic E-state index is 5.91. The summed E-state index contributed by atoms with van der Waals surface area (Å²) in [6.07, 6.45) is 13.6. The third-order valence-electron chi connectivity index (χ3n) is 4.87. The summed E-state index contributed by atoms with van der Waals surface area (Å²) in [6.45, 7) is 3.92. The summed E-state index contributed by atoms with van der Waals surface area (Å²) in [5.74, 6) is 2.35. The van der Waals surface area contributed by atoms with Crippen LogP contribution < -0.4 is 0 Å². The summed E-state index contributed by atoms with van der Waals surface area (Å²) in [5.41, 5.74) is 2.23. The molecule has 0 aliphatic heterocycles. The van der Waals surface area contributed by atoms with Gasteiger partial charge in [0, 0.05) is 23.0 Å². The molecule has 0 bridgehead atoms. The fourth-order valence-electron chi connectivity index (χ4n) is 3.32. The second-order valence-electron chi connectivity index (χ2n) is 6.48. The quantitative estimate of drug-likeness (QED) is 0.656. The van der Waals surface area contributed by atoms with Crippen molar-refractivity contribution in [3.63, 3.8) is 0 Å². The highest BCUT2D eigenvalue weighted by atomic mass is 35.5. The van der Waals surface area contributed by atoms with E-state index in [1.165, 1.54) is 37.7 Å². The van der Waals surface area contributed by atoms with Crippen LogP contribution in [0.1, 0.15) is 37.7 Å². The summed E-state index contributed by atoms with van der Waals surface area (Å²) in [7, 11) is 0. The number of benzene rings is 1. The smallest absolute Gasteiger partial charge is 0.159 e. The minimum atomic E-state index is 0.733. The summed E-state index contributed by atoms with van der Waals surface area (Å²) in [4.78, 5) is 9.00. The maximum Gasteiger partial charge on any atom is 0.159 e. The number of hydrogen-bond acceptors (Lipinski definition) is 2. The van der Waals surface area contributed by atoms with Crippen LogP contribution in [0.3, 0.4) is 0 Å². The van der Waals surface area contributed by atoms with Gasteiger partial charge in [0.2, 0.25) is 0 Å². The van der Waals surface area contributed by atoms with Crippen LogP contribution in [0.25, 0.3) is 11.4 Å². The van der Waals surface area contributed by atoms with Gasteiger partial charge in [-0.05, 0) is 80.2 Å². The first-order chi connectivity index (χ1) is 11.2. The molecule has 120 valence electrons. The summed E-state index contributed by atoms with van der Waals surface area (Å²) >= 11 is 5.91. The van der Waals surface area contributed by atoms with E-state index >= 15 is 0 Å². The molecule has 0 unspecified atom stereocenters. The van der Waals surface area contributed by atoms with Crippen molar-refractivity contribution in [3.05, 3.63) is 59.9 Å². The van der Waals surface area contributed by atoms with E-state index in [-0.39, 0.29) is 0 Å². The van der Waals surface area contributed by atoms with Gasteiger partial charge in [0.15, 0.2) is 5.82 Å². The number of halogens is 1. The molecule has 3 heteroatoms. The van der Waals surface area contributed by atoms with Crippen LogP contribution in [0.5, 0.6) is 0 Å². The van der Waals surface area contributed by atoms with Crippen molar-refractivity contribution >= 4 is 11.6 Å². The lowest BCUT2D eigenvalue weighted by molar-refractivity contribution is 0.296. The van der Waals surface area contributed by atoms with Crippen molar-refractivity contribution in [1.82, 2.24) is 9.97 Å². The van der Waals surface area contributed by atoms with Gasteiger partial charge in [-0.3, -0.25) is 0 Å². The maximum atomic E-state index is 5.91.